The lowest BCUT2D eigenvalue weighted by molar-refractivity contribution is -0.150. The lowest BCUT2D eigenvalue weighted by Gasteiger charge is -2.21. The number of carbonyl (C=O) groups excluding carboxylic acids is 4. The fourth-order valence-electron chi connectivity index (χ4n) is 3.95. The smallest absolute Gasteiger partial charge is 0.331 e. The molecule has 0 unspecified atom stereocenters. The lowest BCUT2D eigenvalue weighted by atomic mass is 9.98. The normalized spacial score (nSPS) is 16.4. The Labute approximate surface area is 213 Å². The molecule has 0 radical (unpaired) electrons. The van der Waals surface area contributed by atoms with E-state index < -0.39 is 23.9 Å². The molecule has 0 heterocycles. The third-order valence-electron chi connectivity index (χ3n) is 5.76. The van der Waals surface area contributed by atoms with Crippen LogP contribution in [0.4, 0.5) is 0 Å². The van der Waals surface area contributed by atoms with Gasteiger partial charge in [0.25, 0.3) is 0 Å². The number of hydrogen-bond donors (Lipinski definition) is 0. The lowest BCUT2D eigenvalue weighted by Crippen LogP contribution is -2.21. The van der Waals surface area contributed by atoms with Gasteiger partial charge >= 0.3 is 23.9 Å². The van der Waals surface area contributed by atoms with Gasteiger partial charge in [-0.15, -0.1) is 0 Å². The van der Waals surface area contributed by atoms with Crippen LogP contribution in [-0.4, -0.2) is 42.7 Å². The van der Waals surface area contributed by atoms with E-state index in [4.69, 9.17) is 18.9 Å². The van der Waals surface area contributed by atoms with Crippen LogP contribution in [0.1, 0.15) is 84.0 Å². The van der Waals surface area contributed by atoms with Crippen LogP contribution in [0, 0.1) is 0 Å². The zero-order valence-electron chi connectivity index (χ0n) is 21.2. The molecule has 36 heavy (non-hydrogen) atoms. The molecule has 0 aliphatic heterocycles. The highest BCUT2D eigenvalue weighted by Crippen LogP contribution is 2.21. The van der Waals surface area contributed by atoms with E-state index in [0.29, 0.717) is 12.4 Å². The summed E-state index contributed by atoms with van der Waals surface area (Å²) in [6, 6.07) is 8.60. The molecule has 3 rings (SSSR count). The molecule has 1 aromatic rings. The number of rotatable bonds is 9. The van der Waals surface area contributed by atoms with Gasteiger partial charge in [0.1, 0.15) is 24.4 Å². The Hall–Kier alpha value is -3.16. The summed E-state index contributed by atoms with van der Waals surface area (Å²) in [6.45, 7) is 2.22. The molecule has 0 saturated heterocycles. The minimum atomic E-state index is -0.604. The predicted octanol–water partition coefficient (Wildman–Crippen LogP) is 5.23. The first-order valence-electron chi connectivity index (χ1n) is 13.0. The first-order chi connectivity index (χ1) is 17.5. The van der Waals surface area contributed by atoms with E-state index in [1.807, 2.05) is 13.0 Å². The number of para-hydroxylation sites is 1. The van der Waals surface area contributed by atoms with E-state index in [1.54, 1.807) is 24.3 Å². The monoisotopic (exact) mass is 502 g/mol. The van der Waals surface area contributed by atoms with E-state index in [2.05, 4.69) is 0 Å². The molecular weight excluding hydrogens is 464 g/mol. The molecule has 0 N–H and O–H groups in total. The number of carbonyl (C=O) groups is 4. The number of benzene rings is 1. The molecule has 2 aliphatic carbocycles. The minimum absolute atomic E-state index is 0.0234. The second kappa shape index (κ2) is 17.3. The third kappa shape index (κ3) is 13.1. The van der Waals surface area contributed by atoms with E-state index in [-0.39, 0.29) is 18.6 Å². The van der Waals surface area contributed by atoms with Crippen molar-refractivity contribution in [1.82, 2.24) is 0 Å². The summed E-state index contributed by atoms with van der Waals surface area (Å²) in [6.07, 6.45) is 13.5. The summed E-state index contributed by atoms with van der Waals surface area (Å²) >= 11 is 0. The maximum absolute atomic E-state index is 11.6. The van der Waals surface area contributed by atoms with Crippen LogP contribution in [0.2, 0.25) is 0 Å². The van der Waals surface area contributed by atoms with Crippen LogP contribution >= 0.6 is 0 Å². The number of ether oxygens (including phenoxy) is 4. The molecule has 2 aliphatic rings. The van der Waals surface area contributed by atoms with Gasteiger partial charge < -0.3 is 18.9 Å². The van der Waals surface area contributed by atoms with Crippen molar-refractivity contribution in [3.05, 3.63) is 42.5 Å². The van der Waals surface area contributed by atoms with Crippen molar-refractivity contribution in [2.75, 3.05) is 6.61 Å². The first-order valence-corrected chi connectivity index (χ1v) is 13.0. The highest BCUT2D eigenvalue weighted by atomic mass is 16.6. The fourth-order valence-corrected chi connectivity index (χ4v) is 3.95. The van der Waals surface area contributed by atoms with E-state index >= 15 is 0 Å². The average Bonchev–Trinajstić information content (AvgIpc) is 2.88. The maximum atomic E-state index is 11.6. The Morgan fingerprint density at radius 3 is 1.72 bits per heavy atom. The molecule has 8 heteroatoms. The van der Waals surface area contributed by atoms with Crippen molar-refractivity contribution in [1.29, 1.82) is 0 Å². The summed E-state index contributed by atoms with van der Waals surface area (Å²) in [5, 5.41) is 0. The molecule has 0 spiro atoms. The van der Waals surface area contributed by atoms with Gasteiger partial charge in [-0.2, -0.15) is 0 Å². The van der Waals surface area contributed by atoms with Crippen LogP contribution in [-0.2, 0) is 33.4 Å². The van der Waals surface area contributed by atoms with Gasteiger partial charge in [0.15, 0.2) is 0 Å². The van der Waals surface area contributed by atoms with Crippen LogP contribution in [0.25, 0.3) is 0 Å². The Kier molecular flexibility index (Phi) is 14.0. The van der Waals surface area contributed by atoms with Crippen molar-refractivity contribution in [3.8, 4) is 5.75 Å². The summed E-state index contributed by atoms with van der Waals surface area (Å²) in [4.78, 5) is 45.5. The number of esters is 4. The van der Waals surface area contributed by atoms with Gasteiger partial charge in [-0.3, -0.25) is 9.59 Å². The van der Waals surface area contributed by atoms with Crippen LogP contribution in [0.15, 0.2) is 42.5 Å². The summed E-state index contributed by atoms with van der Waals surface area (Å²) in [5.41, 5.74) is 0. The van der Waals surface area contributed by atoms with Crippen LogP contribution in [0.3, 0.4) is 0 Å². The highest BCUT2D eigenvalue weighted by molar-refractivity contribution is 5.92. The van der Waals surface area contributed by atoms with Crippen molar-refractivity contribution < 1.29 is 38.1 Å². The predicted molar refractivity (Wildman–Crippen MR) is 133 cm³/mol. The SMILES string of the molecule is CCCOC(=O)CC(=O)Oc1ccccc1.O=C(/C=C\C(=O)OC1CCCCC1)OC1CCCCC1. The van der Waals surface area contributed by atoms with Gasteiger partial charge in [0.05, 0.1) is 6.61 Å². The highest BCUT2D eigenvalue weighted by Gasteiger charge is 2.18. The van der Waals surface area contributed by atoms with E-state index in [9.17, 15) is 19.2 Å². The molecule has 1 aromatic carbocycles. The summed E-state index contributed by atoms with van der Waals surface area (Å²) in [7, 11) is 0. The van der Waals surface area contributed by atoms with Gasteiger partial charge in [-0.05, 0) is 69.9 Å². The van der Waals surface area contributed by atoms with Crippen molar-refractivity contribution >= 4 is 23.9 Å². The summed E-state index contributed by atoms with van der Waals surface area (Å²) < 4.78 is 20.3. The standard InChI is InChI=1S/C16H24O4.C12H14O4/c17-15(19-13-7-3-1-4-8-13)11-12-16(18)20-14-9-5-2-6-10-14;1-2-8-15-11(13)9-12(14)16-10-6-4-3-5-7-10/h11-14H,1-10H2;3-7H,2,8-9H2,1H3/b12-11-;. The van der Waals surface area contributed by atoms with Gasteiger partial charge in [0, 0.05) is 12.2 Å². The summed E-state index contributed by atoms with van der Waals surface area (Å²) in [5.74, 6) is -1.60. The maximum Gasteiger partial charge on any atom is 0.331 e. The van der Waals surface area contributed by atoms with E-state index in [0.717, 1.165) is 57.8 Å². The van der Waals surface area contributed by atoms with Crippen LogP contribution in [0.5, 0.6) is 5.75 Å². The Bertz CT molecular complexity index is 802. The zero-order valence-corrected chi connectivity index (χ0v) is 21.2. The topological polar surface area (TPSA) is 105 Å². The van der Waals surface area contributed by atoms with Gasteiger partial charge in [0.2, 0.25) is 0 Å². The fraction of sp³-hybridized carbons (Fsp3) is 0.571. The zero-order chi connectivity index (χ0) is 26.0. The van der Waals surface area contributed by atoms with Crippen molar-refractivity contribution in [2.45, 2.75) is 96.2 Å². The second-order valence-corrected chi connectivity index (χ2v) is 8.91. The average molecular weight is 503 g/mol. The van der Waals surface area contributed by atoms with Crippen molar-refractivity contribution in [3.63, 3.8) is 0 Å². The minimum Gasteiger partial charge on any atom is -0.465 e. The molecule has 2 saturated carbocycles. The van der Waals surface area contributed by atoms with Gasteiger partial charge in [-0.25, -0.2) is 9.59 Å². The molecule has 0 amide bonds. The Morgan fingerprint density at radius 2 is 1.25 bits per heavy atom. The first kappa shape index (κ1) is 29.1. The molecule has 0 atom stereocenters. The van der Waals surface area contributed by atoms with E-state index in [1.165, 1.54) is 25.0 Å². The van der Waals surface area contributed by atoms with Crippen molar-refractivity contribution in [2.24, 2.45) is 0 Å². The molecule has 8 nitrogen and oxygen atoms in total. The Morgan fingerprint density at radius 1 is 0.750 bits per heavy atom. The van der Waals surface area contributed by atoms with Crippen LogP contribution < -0.4 is 4.74 Å². The molecular formula is C28H38O8. The molecule has 2 fully saturated rings. The van der Waals surface area contributed by atoms with Gasteiger partial charge in [-0.1, -0.05) is 38.0 Å². The third-order valence-corrected chi connectivity index (χ3v) is 5.76. The molecule has 0 bridgehead atoms. The molecule has 198 valence electrons. The molecule has 0 aromatic heterocycles. The number of hydrogen-bond acceptors (Lipinski definition) is 8. The largest absolute Gasteiger partial charge is 0.465 e. The second-order valence-electron chi connectivity index (χ2n) is 8.91. The Balaban J connectivity index is 0.000000261. The quantitative estimate of drug-likeness (QED) is 0.149.